The standard InChI is InChI=1S/C25H27F2N3O2S/c1-17(28-25(31)23-20(26)5-3-6-21(23)27)24(22-7-4-16-33-22)30-14-12-29(13-15-30)18-8-10-19(32-2)11-9-18/h3-11,16-17,24H,12-15H2,1-2H3,(H,28,31). The summed E-state index contributed by atoms with van der Waals surface area (Å²) in [4.78, 5) is 18.5. The molecule has 1 fully saturated rings. The van der Waals surface area contributed by atoms with E-state index in [9.17, 15) is 13.6 Å². The Balaban J connectivity index is 1.47. The first-order valence-corrected chi connectivity index (χ1v) is 11.8. The van der Waals surface area contributed by atoms with Crippen LogP contribution < -0.4 is 15.0 Å². The predicted molar refractivity (Wildman–Crippen MR) is 127 cm³/mol. The summed E-state index contributed by atoms with van der Waals surface area (Å²) >= 11 is 1.61. The van der Waals surface area contributed by atoms with Gasteiger partial charge in [-0.1, -0.05) is 12.1 Å². The van der Waals surface area contributed by atoms with Crippen molar-refractivity contribution in [3.8, 4) is 5.75 Å². The van der Waals surface area contributed by atoms with Gasteiger partial charge in [-0.05, 0) is 54.8 Å². The highest BCUT2D eigenvalue weighted by molar-refractivity contribution is 7.10. The lowest BCUT2D eigenvalue weighted by molar-refractivity contribution is 0.0882. The summed E-state index contributed by atoms with van der Waals surface area (Å²) in [7, 11) is 1.65. The molecule has 0 spiro atoms. The molecule has 0 saturated carbocycles. The fourth-order valence-electron chi connectivity index (χ4n) is 4.33. The van der Waals surface area contributed by atoms with Crippen LogP contribution in [0.3, 0.4) is 0 Å². The SMILES string of the molecule is COc1ccc(N2CCN(C(c3cccs3)C(C)NC(=O)c3c(F)cccc3F)CC2)cc1. The molecule has 2 unspecified atom stereocenters. The highest BCUT2D eigenvalue weighted by atomic mass is 32.1. The molecule has 3 aromatic rings. The number of carbonyl (C=O) groups excluding carboxylic acids is 1. The first-order valence-electron chi connectivity index (χ1n) is 10.9. The monoisotopic (exact) mass is 471 g/mol. The van der Waals surface area contributed by atoms with E-state index in [4.69, 9.17) is 4.74 Å². The van der Waals surface area contributed by atoms with Crippen LogP contribution in [-0.4, -0.2) is 50.1 Å². The van der Waals surface area contributed by atoms with E-state index >= 15 is 0 Å². The Morgan fingerprint density at radius 3 is 2.24 bits per heavy atom. The second-order valence-corrected chi connectivity index (χ2v) is 9.02. The zero-order chi connectivity index (χ0) is 23.4. The van der Waals surface area contributed by atoms with Crippen molar-refractivity contribution in [3.63, 3.8) is 0 Å². The van der Waals surface area contributed by atoms with Gasteiger partial charge < -0.3 is 15.0 Å². The minimum absolute atomic E-state index is 0.0956. The smallest absolute Gasteiger partial charge is 0.257 e. The molecule has 8 heteroatoms. The maximum Gasteiger partial charge on any atom is 0.257 e. The molecular weight excluding hydrogens is 444 g/mol. The van der Waals surface area contributed by atoms with Crippen LogP contribution in [0.1, 0.15) is 28.2 Å². The molecular formula is C25H27F2N3O2S. The lowest BCUT2D eigenvalue weighted by atomic mass is 10.0. The van der Waals surface area contributed by atoms with E-state index < -0.39 is 23.1 Å². The second kappa shape index (κ2) is 10.3. The van der Waals surface area contributed by atoms with Gasteiger partial charge in [0.2, 0.25) is 0 Å². The molecule has 0 bridgehead atoms. The Hall–Kier alpha value is -2.97. The Morgan fingerprint density at radius 1 is 1.00 bits per heavy atom. The van der Waals surface area contributed by atoms with Gasteiger partial charge in [-0.2, -0.15) is 0 Å². The van der Waals surface area contributed by atoms with Crippen molar-refractivity contribution in [1.82, 2.24) is 10.2 Å². The molecule has 0 radical (unpaired) electrons. The van der Waals surface area contributed by atoms with E-state index in [1.807, 2.05) is 36.6 Å². The number of thiophene rings is 1. The summed E-state index contributed by atoms with van der Waals surface area (Å²) < 4.78 is 33.5. The molecule has 1 saturated heterocycles. The molecule has 33 heavy (non-hydrogen) atoms. The molecule has 1 amide bonds. The van der Waals surface area contributed by atoms with E-state index in [-0.39, 0.29) is 12.1 Å². The van der Waals surface area contributed by atoms with Gasteiger partial charge >= 0.3 is 0 Å². The highest BCUT2D eigenvalue weighted by Crippen LogP contribution is 2.31. The van der Waals surface area contributed by atoms with Crippen molar-refractivity contribution in [1.29, 1.82) is 0 Å². The number of methoxy groups -OCH3 is 1. The number of benzene rings is 2. The molecule has 1 aliphatic heterocycles. The minimum atomic E-state index is -0.861. The van der Waals surface area contributed by atoms with Crippen LogP contribution in [0.25, 0.3) is 0 Å². The number of nitrogens with zero attached hydrogens (tertiary/aromatic N) is 2. The quantitative estimate of drug-likeness (QED) is 0.542. The molecule has 2 heterocycles. The number of ether oxygens (including phenoxy) is 1. The van der Waals surface area contributed by atoms with Crippen molar-refractivity contribution in [3.05, 3.63) is 82.1 Å². The number of hydrogen-bond donors (Lipinski definition) is 1. The Kier molecular flexibility index (Phi) is 7.25. The number of amides is 1. The molecule has 0 aliphatic carbocycles. The molecule has 174 valence electrons. The van der Waals surface area contributed by atoms with Gasteiger partial charge in [0.25, 0.3) is 5.91 Å². The van der Waals surface area contributed by atoms with Gasteiger partial charge in [0.15, 0.2) is 0 Å². The van der Waals surface area contributed by atoms with Gasteiger partial charge in [-0.15, -0.1) is 11.3 Å². The second-order valence-electron chi connectivity index (χ2n) is 8.04. The van der Waals surface area contributed by atoms with Crippen molar-refractivity contribution in [2.45, 2.75) is 19.0 Å². The lowest BCUT2D eigenvalue weighted by Crippen LogP contribution is -2.52. The maximum absolute atomic E-state index is 14.1. The van der Waals surface area contributed by atoms with Crippen LogP contribution in [0.5, 0.6) is 5.75 Å². The molecule has 2 atom stereocenters. The summed E-state index contributed by atoms with van der Waals surface area (Å²) in [5, 5.41) is 4.84. The number of anilines is 1. The van der Waals surface area contributed by atoms with E-state index in [1.54, 1.807) is 18.4 Å². The predicted octanol–water partition coefficient (Wildman–Crippen LogP) is 4.72. The third-order valence-electron chi connectivity index (χ3n) is 6.00. The van der Waals surface area contributed by atoms with Crippen molar-refractivity contribution in [2.24, 2.45) is 0 Å². The van der Waals surface area contributed by atoms with E-state index in [0.717, 1.165) is 54.6 Å². The van der Waals surface area contributed by atoms with Crippen LogP contribution in [0.2, 0.25) is 0 Å². The first kappa shape index (κ1) is 23.2. The van der Waals surface area contributed by atoms with Gasteiger partial charge in [-0.3, -0.25) is 9.69 Å². The van der Waals surface area contributed by atoms with E-state index in [2.05, 4.69) is 27.2 Å². The van der Waals surface area contributed by atoms with Crippen LogP contribution in [0.4, 0.5) is 14.5 Å². The van der Waals surface area contributed by atoms with Gasteiger partial charge in [-0.25, -0.2) is 8.78 Å². The van der Waals surface area contributed by atoms with Gasteiger partial charge in [0.05, 0.1) is 13.2 Å². The zero-order valence-electron chi connectivity index (χ0n) is 18.6. The van der Waals surface area contributed by atoms with Gasteiger partial charge in [0.1, 0.15) is 22.9 Å². The topological polar surface area (TPSA) is 44.8 Å². The van der Waals surface area contributed by atoms with Crippen LogP contribution in [0.15, 0.2) is 60.0 Å². The van der Waals surface area contributed by atoms with Crippen molar-refractivity contribution >= 4 is 22.9 Å². The summed E-state index contributed by atoms with van der Waals surface area (Å²) in [6.45, 7) is 5.14. The molecule has 1 aromatic heterocycles. The number of halogens is 2. The Morgan fingerprint density at radius 2 is 1.67 bits per heavy atom. The fraction of sp³-hybridized carbons (Fsp3) is 0.320. The fourth-order valence-corrected chi connectivity index (χ4v) is 5.29. The van der Waals surface area contributed by atoms with Crippen LogP contribution in [-0.2, 0) is 0 Å². The number of piperazine rings is 1. The lowest BCUT2D eigenvalue weighted by Gasteiger charge is -2.42. The van der Waals surface area contributed by atoms with Crippen LogP contribution >= 0.6 is 11.3 Å². The first-order chi connectivity index (χ1) is 16.0. The minimum Gasteiger partial charge on any atom is -0.497 e. The van der Waals surface area contributed by atoms with E-state index in [1.165, 1.54) is 6.07 Å². The van der Waals surface area contributed by atoms with Crippen molar-refractivity contribution < 1.29 is 18.3 Å². The Bertz CT molecular complexity index is 1050. The third-order valence-corrected chi connectivity index (χ3v) is 6.95. The summed E-state index contributed by atoms with van der Waals surface area (Å²) in [6, 6.07) is 15.0. The van der Waals surface area contributed by atoms with Gasteiger partial charge in [0, 0.05) is 42.8 Å². The molecule has 2 aromatic carbocycles. The average molecular weight is 472 g/mol. The normalized spacial score (nSPS) is 16.3. The molecule has 1 aliphatic rings. The Labute approximate surface area is 196 Å². The number of carbonyl (C=O) groups is 1. The molecule has 1 N–H and O–H groups in total. The third kappa shape index (κ3) is 5.17. The summed E-state index contributed by atoms with van der Waals surface area (Å²) in [5.74, 6) is -1.64. The highest BCUT2D eigenvalue weighted by Gasteiger charge is 2.32. The van der Waals surface area contributed by atoms with E-state index in [0.29, 0.717) is 0 Å². The number of nitrogens with one attached hydrogen (secondary N) is 1. The summed E-state index contributed by atoms with van der Waals surface area (Å²) in [6.07, 6.45) is 0. The van der Waals surface area contributed by atoms with Crippen molar-refractivity contribution in [2.75, 3.05) is 38.2 Å². The average Bonchev–Trinajstić information content (AvgIpc) is 3.34. The summed E-state index contributed by atoms with van der Waals surface area (Å²) in [5.41, 5.74) is 0.595. The molecule has 4 rings (SSSR count). The van der Waals surface area contributed by atoms with Crippen LogP contribution in [0, 0.1) is 11.6 Å². The molecule has 5 nitrogen and oxygen atoms in total. The largest absolute Gasteiger partial charge is 0.497 e. The zero-order valence-corrected chi connectivity index (χ0v) is 19.4. The number of rotatable bonds is 7. The maximum atomic E-state index is 14.1. The number of hydrogen-bond acceptors (Lipinski definition) is 5.